The van der Waals surface area contributed by atoms with Crippen molar-refractivity contribution in [2.24, 2.45) is 0 Å². The second-order valence-corrected chi connectivity index (χ2v) is 10.6. The lowest BCUT2D eigenvalue weighted by Crippen LogP contribution is -2.26. The monoisotopic (exact) mass is 509 g/mol. The first-order valence-electron chi connectivity index (χ1n) is 12.6. The fourth-order valence-corrected chi connectivity index (χ4v) is 4.74. The molecule has 3 aromatic heterocycles. The molecule has 3 heterocycles. The molecular formula is C31H31N3O4. The minimum Gasteiger partial charge on any atom is -0.455 e. The van der Waals surface area contributed by atoms with Gasteiger partial charge in [0.05, 0.1) is 16.9 Å². The molecule has 38 heavy (non-hydrogen) atoms. The molecule has 0 bridgehead atoms. The molecule has 0 fully saturated rings. The van der Waals surface area contributed by atoms with Crippen molar-refractivity contribution in [1.82, 2.24) is 9.55 Å². The molecule has 0 amide bonds. The maximum Gasteiger partial charge on any atom is 0.418 e. The Kier molecular flexibility index (Phi) is 6.31. The molecule has 194 valence electrons. The molecule has 5 aromatic rings. The summed E-state index contributed by atoms with van der Waals surface area (Å²) in [6.45, 7) is 11.3. The standard InChI is InChI=1S/C31H31N3O4/c1-18-15-23(29-24(16-18)27(35)19(2)28(37-29)21-9-8-13-32-17-21)20(3)33-25-10-7-11-26-22(25)12-14-34(26)30(36)38-31(4,5)6/h7-17,20,33H,1-6H3. The summed E-state index contributed by atoms with van der Waals surface area (Å²) in [5, 5.41) is 5.01. The molecule has 7 heteroatoms. The van der Waals surface area contributed by atoms with E-state index in [4.69, 9.17) is 9.15 Å². The Labute approximate surface area is 221 Å². The Hall–Kier alpha value is -4.39. The van der Waals surface area contributed by atoms with Gasteiger partial charge in [-0.2, -0.15) is 0 Å². The number of nitrogens with one attached hydrogen (secondary N) is 1. The lowest BCUT2D eigenvalue weighted by Gasteiger charge is -2.20. The molecule has 7 nitrogen and oxygen atoms in total. The number of carbonyl (C=O) groups is 1. The molecule has 1 N–H and O–H groups in total. The van der Waals surface area contributed by atoms with Crippen molar-refractivity contribution in [3.63, 3.8) is 0 Å². The SMILES string of the molecule is Cc1cc(C(C)Nc2cccc3c2ccn3C(=O)OC(C)(C)C)c2oc(-c3cccnc3)c(C)c(=O)c2c1. The molecule has 0 saturated carbocycles. The van der Waals surface area contributed by atoms with E-state index in [1.807, 2.05) is 83.1 Å². The quantitative estimate of drug-likeness (QED) is 0.272. The van der Waals surface area contributed by atoms with E-state index in [-0.39, 0.29) is 11.5 Å². The average molecular weight is 510 g/mol. The van der Waals surface area contributed by atoms with E-state index in [0.717, 1.165) is 33.3 Å². The Bertz CT molecular complexity index is 1730. The second kappa shape index (κ2) is 9.49. The third-order valence-corrected chi connectivity index (χ3v) is 6.48. The van der Waals surface area contributed by atoms with Crippen molar-refractivity contribution in [3.8, 4) is 11.3 Å². The van der Waals surface area contributed by atoms with Crippen LogP contribution in [0.5, 0.6) is 0 Å². The number of benzene rings is 2. The van der Waals surface area contributed by atoms with Crippen molar-refractivity contribution in [3.05, 3.63) is 94.0 Å². The highest BCUT2D eigenvalue weighted by Crippen LogP contribution is 2.34. The van der Waals surface area contributed by atoms with E-state index in [2.05, 4.69) is 10.3 Å². The summed E-state index contributed by atoms with van der Waals surface area (Å²) >= 11 is 0. The van der Waals surface area contributed by atoms with Gasteiger partial charge in [0.2, 0.25) is 0 Å². The van der Waals surface area contributed by atoms with Crippen LogP contribution in [0.15, 0.2) is 76.3 Å². The maximum absolute atomic E-state index is 13.4. The molecule has 0 aliphatic heterocycles. The summed E-state index contributed by atoms with van der Waals surface area (Å²) in [6.07, 6.45) is 4.68. The van der Waals surface area contributed by atoms with Crippen LogP contribution in [-0.2, 0) is 4.74 Å². The van der Waals surface area contributed by atoms with Gasteiger partial charge in [-0.1, -0.05) is 12.1 Å². The van der Waals surface area contributed by atoms with Crippen LogP contribution in [0.25, 0.3) is 33.2 Å². The Balaban J connectivity index is 1.58. The number of ether oxygens (including phenoxy) is 1. The molecule has 0 radical (unpaired) electrons. The van der Waals surface area contributed by atoms with Crippen molar-refractivity contribution in [1.29, 1.82) is 0 Å². The molecule has 0 aliphatic carbocycles. The minimum absolute atomic E-state index is 0.0567. The van der Waals surface area contributed by atoms with Gasteiger partial charge in [-0.3, -0.25) is 14.3 Å². The molecule has 0 saturated heterocycles. The number of aromatic nitrogens is 2. The van der Waals surface area contributed by atoms with Gasteiger partial charge in [0.15, 0.2) is 5.43 Å². The summed E-state index contributed by atoms with van der Waals surface area (Å²) in [6, 6.07) is 15.1. The zero-order valence-corrected chi connectivity index (χ0v) is 22.5. The Morgan fingerprint density at radius 2 is 1.87 bits per heavy atom. The molecule has 5 rings (SSSR count). The van der Waals surface area contributed by atoms with E-state index in [1.165, 1.54) is 4.57 Å². The Morgan fingerprint density at radius 1 is 1.08 bits per heavy atom. The van der Waals surface area contributed by atoms with Crippen LogP contribution < -0.4 is 10.7 Å². The number of fused-ring (bicyclic) bond motifs is 2. The van der Waals surface area contributed by atoms with Crippen LogP contribution in [0.1, 0.15) is 50.4 Å². The zero-order valence-electron chi connectivity index (χ0n) is 22.5. The maximum atomic E-state index is 13.4. The molecule has 1 atom stereocenters. The minimum atomic E-state index is -0.596. The number of pyridine rings is 1. The molecular weight excluding hydrogens is 478 g/mol. The molecule has 0 aliphatic rings. The average Bonchev–Trinajstić information content (AvgIpc) is 3.31. The fourth-order valence-electron chi connectivity index (χ4n) is 4.74. The van der Waals surface area contributed by atoms with E-state index < -0.39 is 11.7 Å². The third-order valence-electron chi connectivity index (χ3n) is 6.48. The third kappa shape index (κ3) is 4.67. The summed E-state index contributed by atoms with van der Waals surface area (Å²) < 4.78 is 13.5. The zero-order chi connectivity index (χ0) is 27.2. The first-order chi connectivity index (χ1) is 18.0. The predicted octanol–water partition coefficient (Wildman–Crippen LogP) is 7.38. The summed E-state index contributed by atoms with van der Waals surface area (Å²) in [7, 11) is 0. The van der Waals surface area contributed by atoms with Gasteiger partial charge in [0, 0.05) is 46.4 Å². The predicted molar refractivity (Wildman–Crippen MR) is 151 cm³/mol. The largest absolute Gasteiger partial charge is 0.455 e. The molecule has 0 spiro atoms. The van der Waals surface area contributed by atoms with Gasteiger partial charge in [-0.05, 0) is 83.5 Å². The highest BCUT2D eigenvalue weighted by Gasteiger charge is 2.22. The van der Waals surface area contributed by atoms with Gasteiger partial charge in [0.25, 0.3) is 0 Å². The first-order valence-corrected chi connectivity index (χ1v) is 12.6. The fraction of sp³-hybridized carbons (Fsp3) is 0.258. The second-order valence-electron chi connectivity index (χ2n) is 10.6. The highest BCUT2D eigenvalue weighted by molar-refractivity contribution is 5.97. The van der Waals surface area contributed by atoms with Crippen molar-refractivity contribution < 1.29 is 13.9 Å². The summed E-state index contributed by atoms with van der Waals surface area (Å²) in [4.78, 5) is 30.4. The van der Waals surface area contributed by atoms with E-state index in [1.54, 1.807) is 25.5 Å². The smallest absolute Gasteiger partial charge is 0.418 e. The lowest BCUT2D eigenvalue weighted by molar-refractivity contribution is 0.0544. The van der Waals surface area contributed by atoms with Crippen LogP contribution in [-0.4, -0.2) is 21.2 Å². The van der Waals surface area contributed by atoms with Gasteiger partial charge in [-0.25, -0.2) is 4.79 Å². The molecule has 1 unspecified atom stereocenters. The van der Waals surface area contributed by atoms with Gasteiger partial charge in [-0.15, -0.1) is 0 Å². The van der Waals surface area contributed by atoms with Gasteiger partial charge >= 0.3 is 6.09 Å². The van der Waals surface area contributed by atoms with Crippen molar-refractivity contribution in [2.75, 3.05) is 5.32 Å². The number of hydrogen-bond donors (Lipinski definition) is 1. The van der Waals surface area contributed by atoms with E-state index in [0.29, 0.717) is 22.3 Å². The van der Waals surface area contributed by atoms with Gasteiger partial charge in [0.1, 0.15) is 16.9 Å². The summed E-state index contributed by atoms with van der Waals surface area (Å²) in [5.74, 6) is 0.518. The van der Waals surface area contributed by atoms with Crippen LogP contribution in [0, 0.1) is 13.8 Å². The number of carbonyl (C=O) groups excluding carboxylic acids is 1. The normalized spacial score (nSPS) is 12.6. The van der Waals surface area contributed by atoms with Crippen molar-refractivity contribution >= 4 is 33.7 Å². The first kappa shape index (κ1) is 25.3. The van der Waals surface area contributed by atoms with Crippen LogP contribution in [0.2, 0.25) is 0 Å². The number of rotatable bonds is 4. The van der Waals surface area contributed by atoms with Crippen LogP contribution >= 0.6 is 0 Å². The van der Waals surface area contributed by atoms with E-state index >= 15 is 0 Å². The summed E-state index contributed by atoms with van der Waals surface area (Å²) in [5.41, 5.74) is 4.63. The lowest BCUT2D eigenvalue weighted by atomic mass is 9.99. The topological polar surface area (TPSA) is 86.4 Å². The van der Waals surface area contributed by atoms with E-state index in [9.17, 15) is 9.59 Å². The van der Waals surface area contributed by atoms with Crippen LogP contribution in [0.4, 0.5) is 10.5 Å². The number of anilines is 1. The van der Waals surface area contributed by atoms with Gasteiger partial charge < -0.3 is 14.5 Å². The van der Waals surface area contributed by atoms with Crippen LogP contribution in [0.3, 0.4) is 0 Å². The number of aryl methyl sites for hydroxylation is 1. The highest BCUT2D eigenvalue weighted by atomic mass is 16.6. The van der Waals surface area contributed by atoms with Crippen molar-refractivity contribution in [2.45, 2.75) is 53.2 Å². The number of nitrogens with zero attached hydrogens (tertiary/aromatic N) is 2. The number of hydrogen-bond acceptors (Lipinski definition) is 6. The Morgan fingerprint density at radius 3 is 2.58 bits per heavy atom. The molecule has 2 aromatic carbocycles.